The fraction of sp³-hybridized carbons (Fsp3) is 1.00. The SMILES string of the molecule is CC(C)C[Si](CC(C)C)(CC(C)C)C[Si](CC(C)C)(CC(C)C)CC(C)C. The van der Waals surface area contributed by atoms with E-state index in [1.807, 2.05) is 0 Å². The summed E-state index contributed by atoms with van der Waals surface area (Å²) in [5, 5.41) is 0. The number of hydrogen-bond donors (Lipinski definition) is 0. The van der Waals surface area contributed by atoms with E-state index in [2.05, 4.69) is 83.1 Å². The Labute approximate surface area is 176 Å². The smallest absolute Gasteiger partial charge is 0.0517 e. The predicted molar refractivity (Wildman–Crippen MR) is 134 cm³/mol. The quantitative estimate of drug-likeness (QED) is 0.249. The molecule has 0 heterocycles. The standard InChI is InChI=1S/C25H56Si2/c1-20(2)13-26(14-21(3)4,15-22(5)6)19-27(16-23(7)8,17-24(9)10)18-25(11)12/h20-25H,13-19H2,1-12H3. The fourth-order valence-electron chi connectivity index (χ4n) is 6.92. The van der Waals surface area contributed by atoms with Crippen molar-refractivity contribution in [2.75, 3.05) is 0 Å². The molecule has 0 aromatic carbocycles. The summed E-state index contributed by atoms with van der Waals surface area (Å²) in [5.74, 6) is 5.24. The van der Waals surface area contributed by atoms with Crippen LogP contribution < -0.4 is 0 Å². The van der Waals surface area contributed by atoms with Crippen LogP contribution in [0, 0.1) is 35.5 Å². The van der Waals surface area contributed by atoms with E-state index in [-0.39, 0.29) is 0 Å². The summed E-state index contributed by atoms with van der Waals surface area (Å²) in [5.41, 5.74) is 1.73. The van der Waals surface area contributed by atoms with Crippen molar-refractivity contribution < 1.29 is 0 Å². The van der Waals surface area contributed by atoms with Gasteiger partial charge in [0.1, 0.15) is 0 Å². The number of rotatable bonds is 14. The molecule has 0 nitrogen and oxygen atoms in total. The molecule has 0 aliphatic carbocycles. The second kappa shape index (κ2) is 12.2. The van der Waals surface area contributed by atoms with Gasteiger partial charge in [-0.1, -0.05) is 125 Å². The first-order chi connectivity index (χ1) is 12.2. The molecule has 27 heavy (non-hydrogen) atoms. The first-order valence-electron chi connectivity index (χ1n) is 12.2. The summed E-state index contributed by atoms with van der Waals surface area (Å²) in [7, 11) is -2.52. The Morgan fingerprint density at radius 2 is 0.481 bits per heavy atom. The van der Waals surface area contributed by atoms with Gasteiger partial charge in [-0.15, -0.1) is 0 Å². The topological polar surface area (TPSA) is 0 Å². The third kappa shape index (κ3) is 11.9. The minimum absolute atomic E-state index is 0.873. The highest BCUT2D eigenvalue weighted by Gasteiger charge is 2.45. The number of hydrogen-bond acceptors (Lipinski definition) is 0. The van der Waals surface area contributed by atoms with Gasteiger partial charge in [0.05, 0.1) is 16.1 Å². The van der Waals surface area contributed by atoms with Gasteiger partial charge >= 0.3 is 0 Å². The van der Waals surface area contributed by atoms with Gasteiger partial charge in [0.2, 0.25) is 0 Å². The van der Waals surface area contributed by atoms with Crippen LogP contribution in [0.2, 0.25) is 41.9 Å². The predicted octanol–water partition coefficient (Wildman–Crippen LogP) is 9.36. The second-order valence-electron chi connectivity index (χ2n) is 12.8. The lowest BCUT2D eigenvalue weighted by Gasteiger charge is -2.46. The van der Waals surface area contributed by atoms with Crippen molar-refractivity contribution in [1.29, 1.82) is 0 Å². The average Bonchev–Trinajstić information content (AvgIpc) is 2.30. The summed E-state index contributed by atoms with van der Waals surface area (Å²) in [6.07, 6.45) is 0. The van der Waals surface area contributed by atoms with Gasteiger partial charge in [-0.2, -0.15) is 0 Å². The maximum Gasteiger partial charge on any atom is 0.0517 e. The molecule has 0 spiro atoms. The molecule has 0 aliphatic heterocycles. The molecule has 0 rings (SSSR count). The highest BCUT2D eigenvalue weighted by atomic mass is 28.4. The average molecular weight is 413 g/mol. The van der Waals surface area contributed by atoms with E-state index in [4.69, 9.17) is 0 Å². The van der Waals surface area contributed by atoms with Crippen LogP contribution in [0.15, 0.2) is 0 Å². The maximum absolute atomic E-state index is 2.50. The summed E-state index contributed by atoms with van der Waals surface area (Å²) in [6.45, 7) is 30.0. The Balaban J connectivity index is 6.14. The Hall–Kier alpha value is 0.434. The molecule has 0 amide bonds. The van der Waals surface area contributed by atoms with Gasteiger partial charge in [0.25, 0.3) is 0 Å². The van der Waals surface area contributed by atoms with Crippen molar-refractivity contribution >= 4 is 16.1 Å². The lowest BCUT2D eigenvalue weighted by molar-refractivity contribution is 0.628. The monoisotopic (exact) mass is 412 g/mol. The second-order valence-corrected chi connectivity index (χ2v) is 22.6. The molecule has 164 valence electrons. The third-order valence-electron chi connectivity index (χ3n) is 5.80. The molecule has 0 unspecified atom stereocenters. The van der Waals surface area contributed by atoms with Crippen LogP contribution in [0.3, 0.4) is 0 Å². The zero-order chi connectivity index (χ0) is 21.4. The molecule has 0 N–H and O–H groups in total. The molecule has 0 aromatic heterocycles. The largest absolute Gasteiger partial charge is 0.0630 e. The van der Waals surface area contributed by atoms with Gasteiger partial charge in [-0.25, -0.2) is 0 Å². The van der Waals surface area contributed by atoms with Crippen molar-refractivity contribution in [2.24, 2.45) is 35.5 Å². The molecule has 0 saturated heterocycles. The normalized spacial score (nSPS) is 14.0. The van der Waals surface area contributed by atoms with Gasteiger partial charge in [0.15, 0.2) is 0 Å². The van der Waals surface area contributed by atoms with Gasteiger partial charge in [-0.3, -0.25) is 0 Å². The lowest BCUT2D eigenvalue weighted by Crippen LogP contribution is -2.51. The fourth-order valence-corrected chi connectivity index (χ4v) is 28.1. The molecule has 2 heteroatoms. The summed E-state index contributed by atoms with van der Waals surface area (Å²) in [6, 6.07) is 9.45. The summed E-state index contributed by atoms with van der Waals surface area (Å²) < 4.78 is 0. The van der Waals surface area contributed by atoms with Crippen LogP contribution >= 0.6 is 0 Å². The van der Waals surface area contributed by atoms with Crippen LogP contribution in [0.4, 0.5) is 0 Å². The Morgan fingerprint density at radius 1 is 0.333 bits per heavy atom. The van der Waals surface area contributed by atoms with E-state index in [1.165, 1.54) is 0 Å². The van der Waals surface area contributed by atoms with E-state index in [0.29, 0.717) is 0 Å². The molecule has 0 bridgehead atoms. The molecule has 0 atom stereocenters. The van der Waals surface area contributed by atoms with Crippen LogP contribution in [-0.4, -0.2) is 16.1 Å². The molecule has 0 radical (unpaired) electrons. The van der Waals surface area contributed by atoms with E-state index in [0.717, 1.165) is 35.5 Å². The zero-order valence-electron chi connectivity index (χ0n) is 21.4. The Morgan fingerprint density at radius 3 is 0.593 bits per heavy atom. The lowest BCUT2D eigenvalue weighted by atomic mass is 10.2. The van der Waals surface area contributed by atoms with Crippen LogP contribution in [-0.2, 0) is 0 Å². The first kappa shape index (κ1) is 27.4. The summed E-state index contributed by atoms with van der Waals surface area (Å²) >= 11 is 0. The van der Waals surface area contributed by atoms with E-state index in [1.54, 1.807) is 41.9 Å². The minimum Gasteiger partial charge on any atom is -0.0630 e. The molecular formula is C25H56Si2. The Kier molecular flexibility index (Phi) is 12.4. The van der Waals surface area contributed by atoms with E-state index < -0.39 is 16.1 Å². The molecule has 0 aliphatic rings. The van der Waals surface area contributed by atoms with E-state index >= 15 is 0 Å². The summed E-state index contributed by atoms with van der Waals surface area (Å²) in [4.78, 5) is 0. The molecule has 0 aromatic rings. The highest BCUT2D eigenvalue weighted by molar-refractivity contribution is 6.97. The molecule has 0 saturated carbocycles. The van der Waals surface area contributed by atoms with Crippen molar-refractivity contribution in [2.45, 2.75) is 125 Å². The van der Waals surface area contributed by atoms with Crippen molar-refractivity contribution in [1.82, 2.24) is 0 Å². The third-order valence-corrected chi connectivity index (χ3v) is 21.9. The Bertz CT molecular complexity index is 291. The molecular weight excluding hydrogens is 356 g/mol. The van der Waals surface area contributed by atoms with Gasteiger partial charge in [-0.05, 0) is 35.5 Å². The highest BCUT2D eigenvalue weighted by Crippen LogP contribution is 2.45. The van der Waals surface area contributed by atoms with Gasteiger partial charge < -0.3 is 0 Å². The first-order valence-corrected chi connectivity index (χ1v) is 17.9. The van der Waals surface area contributed by atoms with Crippen molar-refractivity contribution in [3.63, 3.8) is 0 Å². The van der Waals surface area contributed by atoms with Crippen LogP contribution in [0.1, 0.15) is 83.1 Å². The van der Waals surface area contributed by atoms with Crippen molar-refractivity contribution in [3.05, 3.63) is 0 Å². The maximum atomic E-state index is 2.50. The minimum atomic E-state index is -1.26. The van der Waals surface area contributed by atoms with Crippen LogP contribution in [0.5, 0.6) is 0 Å². The van der Waals surface area contributed by atoms with Crippen LogP contribution in [0.25, 0.3) is 0 Å². The van der Waals surface area contributed by atoms with Gasteiger partial charge in [0, 0.05) is 0 Å². The molecule has 0 fully saturated rings. The zero-order valence-corrected chi connectivity index (χ0v) is 23.4. The van der Waals surface area contributed by atoms with Crippen molar-refractivity contribution in [3.8, 4) is 0 Å². The van der Waals surface area contributed by atoms with E-state index in [9.17, 15) is 0 Å².